The van der Waals surface area contributed by atoms with E-state index in [1.807, 2.05) is 43.3 Å². The number of pyridine rings is 1. The number of aryl methyl sites for hydroxylation is 2. The summed E-state index contributed by atoms with van der Waals surface area (Å²) in [5, 5.41) is 6.06. The van der Waals surface area contributed by atoms with Crippen molar-refractivity contribution in [3.8, 4) is 0 Å². The highest BCUT2D eigenvalue weighted by Crippen LogP contribution is 2.23. The number of benzene rings is 1. The number of nitrogen functional groups attached to an aromatic ring is 1. The topological polar surface area (TPSA) is 115 Å². The number of amides is 1. The quantitative estimate of drug-likeness (QED) is 0.578. The minimum atomic E-state index is -0.569. The van der Waals surface area contributed by atoms with Gasteiger partial charge < -0.3 is 16.4 Å². The molecule has 154 valence electrons. The van der Waals surface area contributed by atoms with E-state index >= 15 is 0 Å². The van der Waals surface area contributed by atoms with Gasteiger partial charge in [-0.2, -0.15) is 0 Å². The van der Waals surface area contributed by atoms with Crippen LogP contribution in [0.25, 0.3) is 0 Å². The van der Waals surface area contributed by atoms with Gasteiger partial charge in [-0.05, 0) is 30.5 Å². The molecule has 0 aliphatic carbocycles. The fraction of sp³-hybridized carbons (Fsp3) is 0.273. The molecule has 8 heteroatoms. The number of nitrogens with zero attached hydrogens (tertiary/aromatic N) is 3. The van der Waals surface area contributed by atoms with Gasteiger partial charge in [0.05, 0.1) is 6.20 Å². The highest BCUT2D eigenvalue weighted by molar-refractivity contribution is 5.81. The second-order valence-electron chi connectivity index (χ2n) is 7.36. The molecule has 0 fully saturated rings. The lowest BCUT2D eigenvalue weighted by Gasteiger charge is -2.16. The average molecular weight is 404 g/mol. The highest BCUT2D eigenvalue weighted by atomic mass is 16.2. The molecular formula is C22H24N6O2. The number of hydrogen-bond acceptors (Lipinski definition) is 6. The van der Waals surface area contributed by atoms with Crippen molar-refractivity contribution in [1.29, 1.82) is 0 Å². The van der Waals surface area contributed by atoms with Gasteiger partial charge in [0.2, 0.25) is 5.91 Å². The molecule has 0 spiro atoms. The van der Waals surface area contributed by atoms with Crippen LogP contribution in [-0.2, 0) is 24.3 Å². The minimum absolute atomic E-state index is 0.200. The van der Waals surface area contributed by atoms with Crippen LogP contribution in [0.3, 0.4) is 0 Å². The third-order valence-electron chi connectivity index (χ3n) is 5.32. The molecule has 1 aliphatic heterocycles. The molecule has 30 heavy (non-hydrogen) atoms. The van der Waals surface area contributed by atoms with E-state index in [0.717, 1.165) is 16.8 Å². The molecule has 3 heterocycles. The Bertz CT molecular complexity index is 1130. The summed E-state index contributed by atoms with van der Waals surface area (Å²) in [6.07, 6.45) is 2.70. The molecule has 2 aromatic heterocycles. The van der Waals surface area contributed by atoms with Gasteiger partial charge in [-0.25, -0.2) is 9.97 Å². The Hall–Kier alpha value is -3.68. The third kappa shape index (κ3) is 4.03. The van der Waals surface area contributed by atoms with E-state index in [1.165, 1.54) is 4.57 Å². The first kappa shape index (κ1) is 19.6. The maximum absolute atomic E-state index is 13.0. The number of rotatable bonds is 6. The molecule has 1 atom stereocenters. The number of aromatic nitrogens is 3. The zero-order valence-corrected chi connectivity index (χ0v) is 16.8. The smallest absolute Gasteiger partial charge is 0.277 e. The molecule has 3 aromatic rings. The van der Waals surface area contributed by atoms with Crippen molar-refractivity contribution in [2.75, 3.05) is 11.1 Å². The van der Waals surface area contributed by atoms with Crippen molar-refractivity contribution in [3.63, 3.8) is 0 Å². The molecule has 0 bridgehead atoms. The second kappa shape index (κ2) is 8.36. The average Bonchev–Trinajstić information content (AvgIpc) is 3.18. The summed E-state index contributed by atoms with van der Waals surface area (Å²) in [5.74, 6) is 0.880. The molecule has 0 saturated heterocycles. The van der Waals surface area contributed by atoms with Gasteiger partial charge in [-0.15, -0.1) is 0 Å². The van der Waals surface area contributed by atoms with Crippen LogP contribution in [0.5, 0.6) is 0 Å². The number of hydrogen-bond donors (Lipinski definition) is 3. The van der Waals surface area contributed by atoms with Crippen LogP contribution in [-0.4, -0.2) is 20.4 Å². The van der Waals surface area contributed by atoms with E-state index in [4.69, 9.17) is 5.73 Å². The van der Waals surface area contributed by atoms with Gasteiger partial charge in [0.1, 0.15) is 23.4 Å². The second-order valence-corrected chi connectivity index (χ2v) is 7.36. The molecule has 1 aliphatic rings. The molecule has 0 saturated carbocycles. The van der Waals surface area contributed by atoms with E-state index in [-0.39, 0.29) is 11.5 Å². The van der Waals surface area contributed by atoms with Gasteiger partial charge in [0.15, 0.2) is 0 Å². The number of carbonyl (C=O) groups excluding carboxylic acids is 1. The Labute approximate surface area is 174 Å². The van der Waals surface area contributed by atoms with Crippen LogP contribution in [0.1, 0.15) is 35.1 Å². The molecule has 1 aromatic carbocycles. The Morgan fingerprint density at radius 3 is 2.77 bits per heavy atom. The summed E-state index contributed by atoms with van der Waals surface area (Å²) in [4.78, 5) is 34.5. The fourth-order valence-corrected chi connectivity index (χ4v) is 3.66. The number of anilines is 2. The SMILES string of the molecule is Cc1nc(N)ccc1CNC(=O)[C@@H]1CCc2ncc(NCc3ccccc3)c(=O)n21. The van der Waals surface area contributed by atoms with Crippen LogP contribution in [0.4, 0.5) is 11.5 Å². The molecule has 0 radical (unpaired) electrons. The molecule has 1 amide bonds. The first-order valence-corrected chi connectivity index (χ1v) is 9.91. The number of fused-ring (bicyclic) bond motifs is 1. The molecule has 0 unspecified atom stereocenters. The number of nitrogens with one attached hydrogen (secondary N) is 2. The lowest BCUT2D eigenvalue weighted by atomic mass is 10.1. The van der Waals surface area contributed by atoms with Crippen molar-refractivity contribution < 1.29 is 4.79 Å². The first-order valence-electron chi connectivity index (χ1n) is 9.91. The predicted octanol–water partition coefficient (Wildman–Crippen LogP) is 1.94. The lowest BCUT2D eigenvalue weighted by Crippen LogP contribution is -2.36. The van der Waals surface area contributed by atoms with Crippen molar-refractivity contribution in [2.45, 2.75) is 38.9 Å². The van der Waals surface area contributed by atoms with Crippen LogP contribution in [0.15, 0.2) is 53.5 Å². The zero-order valence-electron chi connectivity index (χ0n) is 16.8. The van der Waals surface area contributed by atoms with Crippen molar-refractivity contribution >= 4 is 17.4 Å². The summed E-state index contributed by atoms with van der Waals surface area (Å²) in [6.45, 7) is 2.69. The molecule has 4 N–H and O–H groups in total. The van der Waals surface area contributed by atoms with Crippen LogP contribution < -0.4 is 21.9 Å². The normalized spacial score (nSPS) is 14.9. The molecule has 4 rings (SSSR count). The van der Waals surface area contributed by atoms with Crippen LogP contribution in [0.2, 0.25) is 0 Å². The van der Waals surface area contributed by atoms with E-state index in [9.17, 15) is 9.59 Å². The van der Waals surface area contributed by atoms with Gasteiger partial charge in [0.25, 0.3) is 5.56 Å². The van der Waals surface area contributed by atoms with E-state index in [0.29, 0.717) is 43.3 Å². The van der Waals surface area contributed by atoms with Crippen molar-refractivity contribution in [2.24, 2.45) is 0 Å². The summed E-state index contributed by atoms with van der Waals surface area (Å²) in [6, 6.07) is 12.8. The Kier molecular flexibility index (Phi) is 5.47. The van der Waals surface area contributed by atoms with Crippen molar-refractivity contribution in [3.05, 3.63) is 81.7 Å². The number of carbonyl (C=O) groups is 1. The fourth-order valence-electron chi connectivity index (χ4n) is 3.66. The number of nitrogens with two attached hydrogens (primary N) is 1. The highest BCUT2D eigenvalue weighted by Gasteiger charge is 2.31. The van der Waals surface area contributed by atoms with Crippen LogP contribution >= 0.6 is 0 Å². The Morgan fingerprint density at radius 2 is 2.00 bits per heavy atom. The minimum Gasteiger partial charge on any atom is -0.384 e. The maximum atomic E-state index is 13.0. The van der Waals surface area contributed by atoms with Crippen molar-refractivity contribution in [1.82, 2.24) is 19.9 Å². The van der Waals surface area contributed by atoms with Gasteiger partial charge in [0, 0.05) is 25.2 Å². The monoisotopic (exact) mass is 404 g/mol. The maximum Gasteiger partial charge on any atom is 0.277 e. The summed E-state index contributed by atoms with van der Waals surface area (Å²) >= 11 is 0. The summed E-state index contributed by atoms with van der Waals surface area (Å²) in [5.41, 5.74) is 8.57. The lowest BCUT2D eigenvalue weighted by molar-refractivity contribution is -0.124. The van der Waals surface area contributed by atoms with Gasteiger partial charge in [-0.1, -0.05) is 36.4 Å². The first-order chi connectivity index (χ1) is 14.5. The van der Waals surface area contributed by atoms with Gasteiger partial charge in [-0.3, -0.25) is 14.2 Å². The predicted molar refractivity (Wildman–Crippen MR) is 115 cm³/mol. The molecule has 8 nitrogen and oxygen atoms in total. The Balaban J connectivity index is 1.48. The van der Waals surface area contributed by atoms with E-state index in [1.54, 1.807) is 12.3 Å². The summed E-state index contributed by atoms with van der Waals surface area (Å²) < 4.78 is 1.51. The standard InChI is InChI=1S/C22H24N6O2/c1-14-16(7-9-19(23)27-14)12-26-21(29)18-8-10-20-25-13-17(22(30)28(18)20)24-11-15-5-3-2-4-6-15/h2-7,9,13,18,24H,8,10-12H2,1H3,(H2,23,27)(H,26,29)/t18-/m0/s1. The molecular weight excluding hydrogens is 380 g/mol. The van der Waals surface area contributed by atoms with E-state index in [2.05, 4.69) is 20.6 Å². The largest absolute Gasteiger partial charge is 0.384 e. The zero-order chi connectivity index (χ0) is 21.1. The van der Waals surface area contributed by atoms with Gasteiger partial charge >= 0.3 is 0 Å². The third-order valence-corrected chi connectivity index (χ3v) is 5.32. The Morgan fingerprint density at radius 1 is 1.20 bits per heavy atom. The van der Waals surface area contributed by atoms with E-state index < -0.39 is 6.04 Å². The summed E-state index contributed by atoms with van der Waals surface area (Å²) in [7, 11) is 0. The van der Waals surface area contributed by atoms with Crippen LogP contribution in [0, 0.1) is 6.92 Å².